The van der Waals surface area contributed by atoms with E-state index < -0.39 is 5.66 Å². The van der Waals surface area contributed by atoms with Crippen LogP contribution in [0.1, 0.15) is 60.3 Å². The third-order valence-corrected chi connectivity index (χ3v) is 11.5. The molecule has 240 valence electrons. The van der Waals surface area contributed by atoms with Crippen molar-refractivity contribution in [1.82, 2.24) is 0 Å². The summed E-state index contributed by atoms with van der Waals surface area (Å²) in [5.74, 6) is 0.699. The molecule has 0 saturated heterocycles. The summed E-state index contributed by atoms with van der Waals surface area (Å²) in [6.45, 7) is 2.20. The van der Waals surface area contributed by atoms with Gasteiger partial charge in [0.1, 0.15) is 16.7 Å². The van der Waals surface area contributed by atoms with Crippen molar-refractivity contribution in [3.63, 3.8) is 0 Å². The monoisotopic (exact) mass is 646 g/mol. The smallest absolute Gasteiger partial charge is 0.159 e. The van der Waals surface area contributed by atoms with Gasteiger partial charge >= 0.3 is 5.66 Å². The minimum atomic E-state index is -0.679. The number of hydrogen-bond donors (Lipinski definition) is 0. The molecule has 3 heteroatoms. The van der Waals surface area contributed by atoms with E-state index in [0.29, 0.717) is 5.92 Å². The highest BCUT2D eigenvalue weighted by atomic mass is 15.3. The largest absolute Gasteiger partial charge is 0.417 e. The fraction of sp³-hybridized carbons (Fsp3) is 0.170. The molecule has 1 unspecified atom stereocenters. The first-order valence-electron chi connectivity index (χ1n) is 18.2. The topological polar surface area (TPSA) is 11.6 Å². The fourth-order valence-corrected chi connectivity index (χ4v) is 9.24. The molecule has 1 atom stereocenters. The summed E-state index contributed by atoms with van der Waals surface area (Å²) in [5, 5.41) is 0. The van der Waals surface area contributed by atoms with E-state index in [1.807, 2.05) is 0 Å². The molecule has 0 bridgehead atoms. The average molecular weight is 647 g/mol. The number of benzene rings is 4. The summed E-state index contributed by atoms with van der Waals surface area (Å²) in [5.41, 5.74) is 15.4. The predicted octanol–water partition coefficient (Wildman–Crippen LogP) is 9.49. The van der Waals surface area contributed by atoms with Gasteiger partial charge in [-0.05, 0) is 90.4 Å². The Morgan fingerprint density at radius 1 is 0.500 bits per heavy atom. The van der Waals surface area contributed by atoms with E-state index in [4.69, 9.17) is 0 Å². The normalized spacial score (nSPS) is 17.3. The maximum atomic E-state index is 2.52. The van der Waals surface area contributed by atoms with Gasteiger partial charge in [-0.25, -0.2) is 0 Å². The summed E-state index contributed by atoms with van der Waals surface area (Å²) in [6, 6.07) is 52.4. The average Bonchev–Trinajstić information content (AvgIpc) is 3.50. The van der Waals surface area contributed by atoms with Crippen molar-refractivity contribution in [3.8, 4) is 50.6 Å². The number of pyridine rings is 3. The summed E-state index contributed by atoms with van der Waals surface area (Å²) in [6.07, 6.45) is 13.6. The van der Waals surface area contributed by atoms with Crippen molar-refractivity contribution in [3.05, 3.63) is 180 Å². The Kier molecular flexibility index (Phi) is 6.70. The third kappa shape index (κ3) is 4.26. The fourth-order valence-electron chi connectivity index (χ4n) is 9.24. The molecule has 4 aromatic carbocycles. The molecule has 1 fully saturated rings. The van der Waals surface area contributed by atoms with Crippen molar-refractivity contribution in [1.29, 1.82) is 0 Å². The maximum Gasteiger partial charge on any atom is 0.417 e. The van der Waals surface area contributed by atoms with Gasteiger partial charge in [0, 0.05) is 42.5 Å². The van der Waals surface area contributed by atoms with E-state index in [1.165, 1.54) is 105 Å². The van der Waals surface area contributed by atoms with E-state index in [0.717, 1.165) is 0 Å². The van der Waals surface area contributed by atoms with Crippen molar-refractivity contribution in [2.75, 3.05) is 0 Å². The Morgan fingerprint density at radius 2 is 1.12 bits per heavy atom. The Morgan fingerprint density at radius 3 is 1.82 bits per heavy atom. The lowest BCUT2D eigenvalue weighted by Gasteiger charge is -2.23. The van der Waals surface area contributed by atoms with Gasteiger partial charge in [-0.2, -0.15) is 4.57 Å². The van der Waals surface area contributed by atoms with E-state index in [1.54, 1.807) is 0 Å². The van der Waals surface area contributed by atoms with E-state index in [2.05, 4.69) is 179 Å². The van der Waals surface area contributed by atoms with Gasteiger partial charge in [0.05, 0.1) is 11.1 Å². The number of nitrogens with zero attached hydrogens (tertiary/aromatic N) is 3. The van der Waals surface area contributed by atoms with Crippen LogP contribution in [-0.4, -0.2) is 0 Å². The lowest BCUT2D eigenvalue weighted by atomic mass is 9.83. The van der Waals surface area contributed by atoms with Crippen LogP contribution in [0.5, 0.6) is 0 Å². The molecule has 3 aliphatic rings. The minimum absolute atomic E-state index is 0.679. The molecule has 10 rings (SSSR count). The molecule has 0 radical (unpaired) electrons. The Balaban J connectivity index is 1.30. The Labute approximate surface area is 294 Å². The van der Waals surface area contributed by atoms with Crippen LogP contribution in [0.2, 0.25) is 0 Å². The highest BCUT2D eigenvalue weighted by Crippen LogP contribution is 2.45. The van der Waals surface area contributed by atoms with Gasteiger partial charge in [0.2, 0.25) is 22.8 Å². The molecule has 1 aliphatic carbocycles. The number of aromatic nitrogens is 3. The van der Waals surface area contributed by atoms with Crippen molar-refractivity contribution in [2.45, 2.75) is 50.6 Å². The molecule has 2 aliphatic heterocycles. The van der Waals surface area contributed by atoms with Crippen LogP contribution in [-0.2, 0) is 5.66 Å². The molecule has 0 amide bonds. The van der Waals surface area contributed by atoms with Gasteiger partial charge in [0.25, 0.3) is 0 Å². The van der Waals surface area contributed by atoms with E-state index in [9.17, 15) is 0 Å². The van der Waals surface area contributed by atoms with Crippen LogP contribution >= 0.6 is 0 Å². The molecular weight excluding hydrogens is 607 g/mol. The summed E-state index contributed by atoms with van der Waals surface area (Å²) >= 11 is 0. The van der Waals surface area contributed by atoms with Crippen LogP contribution in [0, 0.1) is 6.92 Å². The van der Waals surface area contributed by atoms with Crippen molar-refractivity contribution >= 4 is 0 Å². The molecule has 3 nitrogen and oxygen atoms in total. The highest BCUT2D eigenvalue weighted by Gasteiger charge is 2.63. The van der Waals surface area contributed by atoms with Gasteiger partial charge in [-0.15, -0.1) is 9.13 Å². The predicted molar refractivity (Wildman–Crippen MR) is 199 cm³/mol. The number of rotatable bonds is 2. The van der Waals surface area contributed by atoms with Crippen LogP contribution in [0.4, 0.5) is 0 Å². The molecule has 1 saturated carbocycles. The SMILES string of the molecule is Cc1ccc2c(c1)-c1cccc[n+]1C1(c3ccccc3-c3cc(-c4ccc(C5CCCCC5)cc4)cc[n+]3-2)c2ccccc2-c2cccc[n+]21. The lowest BCUT2D eigenvalue weighted by molar-refractivity contribution is -0.958. The molecular formula is C47H40N3+3. The number of hydrogen-bond acceptors (Lipinski definition) is 0. The molecule has 0 N–H and O–H groups in total. The van der Waals surface area contributed by atoms with E-state index in [-0.39, 0.29) is 0 Å². The summed E-state index contributed by atoms with van der Waals surface area (Å²) in [7, 11) is 0. The van der Waals surface area contributed by atoms with Gasteiger partial charge in [0.15, 0.2) is 18.6 Å². The van der Waals surface area contributed by atoms with Gasteiger partial charge < -0.3 is 0 Å². The lowest BCUT2D eigenvalue weighted by Crippen LogP contribution is -2.73. The zero-order valence-electron chi connectivity index (χ0n) is 28.5. The second-order valence-electron chi connectivity index (χ2n) is 14.3. The minimum Gasteiger partial charge on any atom is -0.159 e. The van der Waals surface area contributed by atoms with Crippen molar-refractivity contribution in [2.24, 2.45) is 0 Å². The molecule has 5 heterocycles. The molecule has 7 aromatic rings. The first-order valence-corrected chi connectivity index (χ1v) is 18.2. The summed E-state index contributed by atoms with van der Waals surface area (Å²) < 4.78 is 7.44. The Hall–Kier alpha value is -5.67. The second-order valence-corrected chi connectivity index (χ2v) is 14.3. The second kappa shape index (κ2) is 11.5. The van der Waals surface area contributed by atoms with Crippen molar-refractivity contribution < 1.29 is 13.7 Å². The van der Waals surface area contributed by atoms with E-state index >= 15 is 0 Å². The third-order valence-electron chi connectivity index (χ3n) is 11.5. The van der Waals surface area contributed by atoms with Gasteiger partial charge in [-0.1, -0.05) is 73.9 Å². The molecule has 50 heavy (non-hydrogen) atoms. The number of fused-ring (bicyclic) bond motifs is 14. The zero-order valence-corrected chi connectivity index (χ0v) is 28.5. The number of aryl methyl sites for hydroxylation is 1. The highest BCUT2D eigenvalue weighted by molar-refractivity contribution is 5.76. The zero-order chi connectivity index (χ0) is 33.2. The summed E-state index contributed by atoms with van der Waals surface area (Å²) in [4.78, 5) is 0. The van der Waals surface area contributed by atoms with Crippen LogP contribution in [0.25, 0.3) is 50.6 Å². The molecule has 1 spiro atoms. The van der Waals surface area contributed by atoms with Gasteiger partial charge in [-0.3, -0.25) is 0 Å². The first kappa shape index (κ1) is 29.3. The standard InChI is InChI=1S/C47H40N3/c1-33-21-26-43-40(31-33)45-20-10-12-29-50(45)47(41-17-7-5-15-38(41)44-19-9-11-28-49(44)47)42-18-8-6-16-39(42)46-32-37(27-30-48(43)46)36-24-22-35(23-25-36)34-13-3-2-4-14-34/h5-12,15-32,34H,2-4,13-14H2,1H3/q+3. The van der Waals surface area contributed by atoms with Crippen LogP contribution < -0.4 is 13.7 Å². The molecule has 3 aromatic heterocycles. The van der Waals surface area contributed by atoms with Crippen LogP contribution in [0.15, 0.2) is 158 Å². The quantitative estimate of drug-likeness (QED) is 0.166. The maximum absolute atomic E-state index is 2.52. The first-order chi connectivity index (χ1) is 24.7. The Bertz CT molecular complexity index is 2390. The van der Waals surface area contributed by atoms with Crippen LogP contribution in [0.3, 0.4) is 0 Å².